The highest BCUT2D eigenvalue weighted by Crippen LogP contribution is 2.37. The highest BCUT2D eigenvalue weighted by Gasteiger charge is 2.31. The van der Waals surface area contributed by atoms with Crippen LogP contribution in [0.1, 0.15) is 22.9 Å². The summed E-state index contributed by atoms with van der Waals surface area (Å²) >= 11 is -1.88. The van der Waals surface area contributed by atoms with Crippen LogP contribution in [0.5, 0.6) is 5.75 Å². The molecule has 0 aliphatic carbocycles. The van der Waals surface area contributed by atoms with Crippen LogP contribution in [-0.4, -0.2) is 18.4 Å². The van der Waals surface area contributed by atoms with Crippen LogP contribution in [-0.2, 0) is 11.3 Å². The van der Waals surface area contributed by atoms with Gasteiger partial charge in [-0.2, -0.15) is 4.21 Å². The molecule has 0 radical (unpaired) electrons. The first-order chi connectivity index (χ1) is 15.1. The fourth-order valence-corrected chi connectivity index (χ4v) is 4.64. The summed E-state index contributed by atoms with van der Waals surface area (Å²) < 4.78 is 20.5. The van der Waals surface area contributed by atoms with Crippen molar-refractivity contribution in [3.05, 3.63) is 112 Å². The van der Waals surface area contributed by atoms with Gasteiger partial charge < -0.3 is 9.17 Å². The Labute approximate surface area is 180 Å². The highest BCUT2D eigenvalue weighted by molar-refractivity contribution is 7.78. The Morgan fingerprint density at radius 3 is 2.52 bits per heavy atom. The Kier molecular flexibility index (Phi) is 4.76. The largest absolute Gasteiger partial charge is 0.385 e. The third kappa shape index (κ3) is 3.57. The molecule has 0 bridgehead atoms. The molecule has 1 aliphatic heterocycles. The van der Waals surface area contributed by atoms with Crippen LogP contribution in [0.25, 0.3) is 17.0 Å². The Balaban J connectivity index is 1.51. The molecule has 0 unspecified atom stereocenters. The molecular formula is C23H17N3O4S. The summed E-state index contributed by atoms with van der Waals surface area (Å²) in [6.45, 7) is 0. The molecule has 0 fully saturated rings. The molecule has 0 spiro atoms. The first-order valence-corrected chi connectivity index (χ1v) is 10.6. The van der Waals surface area contributed by atoms with Crippen LogP contribution in [0.4, 0.5) is 5.69 Å². The van der Waals surface area contributed by atoms with Gasteiger partial charge >= 0.3 is 11.3 Å². The number of hydrogen-bond acceptors (Lipinski definition) is 4. The molecule has 3 aromatic carbocycles. The number of aromatic nitrogens is 1. The number of fused-ring (bicyclic) bond motifs is 2. The van der Waals surface area contributed by atoms with Gasteiger partial charge in [0.15, 0.2) is 0 Å². The van der Waals surface area contributed by atoms with Gasteiger partial charge in [-0.15, -0.1) is 0 Å². The second-order valence-corrected chi connectivity index (χ2v) is 8.09. The molecule has 8 heteroatoms. The maximum atomic E-state index is 13.2. The fourth-order valence-electron chi connectivity index (χ4n) is 3.72. The van der Waals surface area contributed by atoms with E-state index in [1.807, 2.05) is 60.7 Å². The molecule has 0 amide bonds. The summed E-state index contributed by atoms with van der Waals surface area (Å²) in [5.74, 6) is 0.284. The van der Waals surface area contributed by atoms with Crippen molar-refractivity contribution in [3.63, 3.8) is 0 Å². The van der Waals surface area contributed by atoms with Crippen LogP contribution < -0.4 is 4.18 Å². The van der Waals surface area contributed by atoms with Crippen molar-refractivity contribution >= 4 is 33.9 Å². The predicted molar refractivity (Wildman–Crippen MR) is 119 cm³/mol. The Bertz CT molecular complexity index is 1300. The van der Waals surface area contributed by atoms with Crippen molar-refractivity contribution in [3.8, 4) is 5.75 Å². The number of para-hydroxylation sites is 1. The Hall–Kier alpha value is -3.91. The van der Waals surface area contributed by atoms with Crippen LogP contribution in [0.3, 0.4) is 0 Å². The number of nitrogens with one attached hydrogen (secondary N) is 1. The zero-order valence-corrected chi connectivity index (χ0v) is 17.0. The number of non-ortho nitro benzene ring substituents is 1. The minimum atomic E-state index is -1.88. The van der Waals surface area contributed by atoms with Crippen molar-refractivity contribution in [1.29, 1.82) is 0 Å². The molecule has 0 saturated heterocycles. The van der Waals surface area contributed by atoms with Crippen molar-refractivity contribution in [2.45, 2.75) is 6.04 Å². The standard InChI is InChI=1S/C23H17N3O4S/c27-26(28)18-9-11-19(12-10-18)30-31(29)25-14-13-16-5-1-3-7-20(16)23(25)22-15-17-6-2-4-8-21(17)24-22/h1-15,23-24H/t23-,31+/m1/s1. The second kappa shape index (κ2) is 7.73. The molecule has 1 N–H and O–H groups in total. The SMILES string of the molecule is O=[N+]([O-])c1ccc(O[S@](=O)N2C=Cc3ccccc3[C@@H]2c2cc3ccccc3[nH]2)cc1. The molecule has 0 saturated carbocycles. The van der Waals surface area contributed by atoms with Crippen molar-refractivity contribution in [2.24, 2.45) is 0 Å². The maximum absolute atomic E-state index is 13.2. The molecule has 1 aromatic heterocycles. The Morgan fingerprint density at radius 1 is 1.00 bits per heavy atom. The quantitative estimate of drug-likeness (QED) is 0.351. The van der Waals surface area contributed by atoms with Gasteiger partial charge in [-0.25, -0.2) is 0 Å². The molecule has 2 atom stereocenters. The molecule has 4 aromatic rings. The van der Waals surface area contributed by atoms with Gasteiger partial charge in [-0.1, -0.05) is 42.5 Å². The molecule has 154 valence electrons. The Morgan fingerprint density at radius 2 is 1.74 bits per heavy atom. The van der Waals surface area contributed by atoms with Gasteiger partial charge in [0, 0.05) is 29.5 Å². The first kappa shape index (κ1) is 19.1. The van der Waals surface area contributed by atoms with E-state index in [9.17, 15) is 14.3 Å². The van der Waals surface area contributed by atoms with Gasteiger partial charge in [-0.05, 0) is 46.9 Å². The van der Waals surface area contributed by atoms with Crippen LogP contribution in [0.2, 0.25) is 0 Å². The molecule has 31 heavy (non-hydrogen) atoms. The highest BCUT2D eigenvalue weighted by atomic mass is 32.2. The zero-order valence-electron chi connectivity index (χ0n) is 16.2. The van der Waals surface area contributed by atoms with Gasteiger partial charge in [0.05, 0.1) is 4.92 Å². The van der Waals surface area contributed by atoms with E-state index in [-0.39, 0.29) is 17.5 Å². The van der Waals surface area contributed by atoms with Gasteiger partial charge in [0.25, 0.3) is 5.69 Å². The van der Waals surface area contributed by atoms with E-state index in [4.69, 9.17) is 4.18 Å². The number of aromatic amines is 1. The van der Waals surface area contributed by atoms with Crippen LogP contribution >= 0.6 is 0 Å². The fraction of sp³-hybridized carbons (Fsp3) is 0.0435. The predicted octanol–water partition coefficient (Wildman–Crippen LogP) is 5.11. The average Bonchev–Trinajstić information content (AvgIpc) is 3.22. The summed E-state index contributed by atoms with van der Waals surface area (Å²) in [6.07, 6.45) is 3.64. The van der Waals surface area contributed by atoms with E-state index in [1.54, 1.807) is 10.5 Å². The van der Waals surface area contributed by atoms with Gasteiger partial charge in [0.2, 0.25) is 0 Å². The number of nitro groups is 1. The van der Waals surface area contributed by atoms with E-state index in [1.165, 1.54) is 24.3 Å². The lowest BCUT2D eigenvalue weighted by Gasteiger charge is -2.32. The van der Waals surface area contributed by atoms with Crippen LogP contribution in [0.15, 0.2) is 85.1 Å². The monoisotopic (exact) mass is 431 g/mol. The van der Waals surface area contributed by atoms with Gasteiger partial charge in [-0.3, -0.25) is 14.4 Å². The normalized spacial score (nSPS) is 16.1. The molecular weight excluding hydrogens is 414 g/mol. The molecule has 7 nitrogen and oxygen atoms in total. The molecule has 1 aliphatic rings. The smallest absolute Gasteiger partial charge is 0.319 e. The van der Waals surface area contributed by atoms with Gasteiger partial charge in [0.1, 0.15) is 11.8 Å². The van der Waals surface area contributed by atoms with E-state index < -0.39 is 16.2 Å². The minimum absolute atomic E-state index is 0.0547. The van der Waals surface area contributed by atoms with E-state index >= 15 is 0 Å². The number of nitro benzene ring substituents is 1. The number of rotatable bonds is 5. The third-order valence-electron chi connectivity index (χ3n) is 5.18. The number of H-pyrrole nitrogens is 1. The summed E-state index contributed by atoms with van der Waals surface area (Å²) in [4.78, 5) is 13.8. The van der Waals surface area contributed by atoms with Crippen molar-refractivity contribution < 1.29 is 13.3 Å². The average molecular weight is 431 g/mol. The lowest BCUT2D eigenvalue weighted by molar-refractivity contribution is -0.384. The van der Waals surface area contributed by atoms with E-state index in [0.29, 0.717) is 0 Å². The van der Waals surface area contributed by atoms with Crippen molar-refractivity contribution in [2.75, 3.05) is 0 Å². The summed E-state index contributed by atoms with van der Waals surface area (Å²) in [5, 5.41) is 11.9. The van der Waals surface area contributed by atoms with Crippen molar-refractivity contribution in [1.82, 2.24) is 9.29 Å². The molecule has 2 heterocycles. The minimum Gasteiger partial charge on any atom is -0.385 e. The summed E-state index contributed by atoms with van der Waals surface area (Å²) in [6, 6.07) is 23.1. The number of hydrogen-bond donors (Lipinski definition) is 1. The topological polar surface area (TPSA) is 88.5 Å². The van der Waals surface area contributed by atoms with E-state index in [2.05, 4.69) is 4.98 Å². The van der Waals surface area contributed by atoms with E-state index in [0.717, 1.165) is 27.7 Å². The third-order valence-corrected chi connectivity index (χ3v) is 6.19. The lowest BCUT2D eigenvalue weighted by atomic mass is 9.95. The molecule has 5 rings (SSSR count). The lowest BCUT2D eigenvalue weighted by Crippen LogP contribution is -2.32. The zero-order chi connectivity index (χ0) is 21.4. The van der Waals surface area contributed by atoms with Crippen LogP contribution in [0, 0.1) is 10.1 Å². The summed E-state index contributed by atoms with van der Waals surface area (Å²) in [7, 11) is 0. The first-order valence-electron chi connectivity index (χ1n) is 9.58. The summed E-state index contributed by atoms with van der Waals surface area (Å²) in [5.41, 5.74) is 3.86. The second-order valence-electron chi connectivity index (χ2n) is 7.07. The number of nitrogens with zero attached hydrogens (tertiary/aromatic N) is 2. The maximum Gasteiger partial charge on any atom is 0.319 e. The number of benzene rings is 3.